The third-order valence-corrected chi connectivity index (χ3v) is 4.66. The molecular formula is C24H20F2N4O3. The monoisotopic (exact) mass is 450 g/mol. The topological polar surface area (TPSA) is 78.3 Å². The normalized spacial score (nSPS) is 10.6. The molecule has 1 N–H and O–H groups in total. The van der Waals surface area contributed by atoms with Gasteiger partial charge < -0.3 is 14.8 Å². The van der Waals surface area contributed by atoms with Crippen molar-refractivity contribution in [2.75, 3.05) is 11.9 Å². The lowest BCUT2D eigenvalue weighted by Gasteiger charge is -2.12. The highest BCUT2D eigenvalue weighted by molar-refractivity contribution is 5.91. The predicted molar refractivity (Wildman–Crippen MR) is 117 cm³/mol. The Hall–Kier alpha value is -4.27. The number of pyridine rings is 1. The number of benzene rings is 2. The molecule has 0 saturated carbocycles. The molecule has 33 heavy (non-hydrogen) atoms. The molecule has 9 heteroatoms. The van der Waals surface area contributed by atoms with Gasteiger partial charge in [0.1, 0.15) is 29.0 Å². The van der Waals surface area contributed by atoms with Gasteiger partial charge in [-0.2, -0.15) is 5.10 Å². The van der Waals surface area contributed by atoms with Gasteiger partial charge in [-0.05, 0) is 55.5 Å². The van der Waals surface area contributed by atoms with E-state index in [1.165, 1.54) is 10.9 Å². The van der Waals surface area contributed by atoms with E-state index in [-0.39, 0.29) is 18.7 Å². The number of nitrogens with one attached hydrogen (secondary N) is 1. The highest BCUT2D eigenvalue weighted by atomic mass is 19.1. The first-order valence-electron chi connectivity index (χ1n) is 10.1. The number of halogens is 2. The number of carbonyl (C=O) groups excluding carboxylic acids is 1. The molecule has 0 bridgehead atoms. The first kappa shape index (κ1) is 21.9. The van der Waals surface area contributed by atoms with E-state index in [4.69, 9.17) is 9.47 Å². The molecule has 0 saturated heterocycles. The smallest absolute Gasteiger partial charge is 0.263 e. The van der Waals surface area contributed by atoms with Crippen LogP contribution in [0.1, 0.15) is 11.1 Å². The first-order valence-corrected chi connectivity index (χ1v) is 10.1. The number of aryl methyl sites for hydroxylation is 1. The summed E-state index contributed by atoms with van der Waals surface area (Å²) >= 11 is 0. The number of hydrogen-bond acceptors (Lipinski definition) is 5. The first-order chi connectivity index (χ1) is 16.0. The van der Waals surface area contributed by atoms with Crippen LogP contribution in [-0.4, -0.2) is 27.3 Å². The third-order valence-electron chi connectivity index (χ3n) is 4.66. The van der Waals surface area contributed by atoms with Crippen LogP contribution >= 0.6 is 0 Å². The molecule has 0 aliphatic carbocycles. The summed E-state index contributed by atoms with van der Waals surface area (Å²) in [5, 5.41) is 6.87. The van der Waals surface area contributed by atoms with E-state index < -0.39 is 17.5 Å². The van der Waals surface area contributed by atoms with Crippen molar-refractivity contribution in [2.45, 2.75) is 13.5 Å². The SMILES string of the molecule is Cc1cnn(Cc2cc(F)ccc2F)c1NC(=O)COc1ccc(Oc2ccccn2)cc1. The van der Waals surface area contributed by atoms with Gasteiger partial charge in [0, 0.05) is 23.4 Å². The summed E-state index contributed by atoms with van der Waals surface area (Å²) in [7, 11) is 0. The zero-order chi connectivity index (χ0) is 23.2. The molecule has 4 rings (SSSR count). The average Bonchev–Trinajstić information content (AvgIpc) is 3.15. The molecule has 0 radical (unpaired) electrons. The van der Waals surface area contributed by atoms with Gasteiger partial charge in [-0.1, -0.05) is 6.07 Å². The molecule has 0 unspecified atom stereocenters. The van der Waals surface area contributed by atoms with Gasteiger partial charge in [0.05, 0.1) is 12.7 Å². The van der Waals surface area contributed by atoms with Gasteiger partial charge in [-0.3, -0.25) is 4.79 Å². The van der Waals surface area contributed by atoms with Gasteiger partial charge in [0.15, 0.2) is 6.61 Å². The summed E-state index contributed by atoms with van der Waals surface area (Å²) in [5.41, 5.74) is 0.800. The summed E-state index contributed by atoms with van der Waals surface area (Å²) in [4.78, 5) is 16.5. The second kappa shape index (κ2) is 9.90. The number of carbonyl (C=O) groups is 1. The quantitative estimate of drug-likeness (QED) is 0.420. The molecule has 168 valence electrons. The Labute approximate surface area is 188 Å². The van der Waals surface area contributed by atoms with E-state index in [1.54, 1.807) is 49.5 Å². The van der Waals surface area contributed by atoms with Crippen LogP contribution in [0.25, 0.3) is 0 Å². The second-order valence-electron chi connectivity index (χ2n) is 7.15. The van der Waals surface area contributed by atoms with Gasteiger partial charge >= 0.3 is 0 Å². The summed E-state index contributed by atoms with van der Waals surface area (Å²) in [6, 6.07) is 15.3. The van der Waals surface area contributed by atoms with Crippen LogP contribution in [0, 0.1) is 18.6 Å². The third kappa shape index (κ3) is 5.70. The number of aromatic nitrogens is 3. The minimum atomic E-state index is -0.555. The van der Waals surface area contributed by atoms with E-state index in [0.29, 0.717) is 28.8 Å². The summed E-state index contributed by atoms with van der Waals surface area (Å²) in [6.45, 7) is 1.47. The maximum Gasteiger partial charge on any atom is 0.263 e. The standard InChI is InChI=1S/C24H20F2N4O3/c1-16-13-28-30(14-17-12-18(25)5-10-21(17)26)24(16)29-22(31)15-32-19-6-8-20(9-7-19)33-23-4-2-3-11-27-23/h2-13H,14-15H2,1H3,(H,29,31). The number of amides is 1. The van der Waals surface area contributed by atoms with Crippen LogP contribution < -0.4 is 14.8 Å². The Morgan fingerprint density at radius 2 is 1.85 bits per heavy atom. The molecule has 0 aliphatic heterocycles. The van der Waals surface area contributed by atoms with Crippen molar-refractivity contribution in [3.63, 3.8) is 0 Å². The lowest BCUT2D eigenvalue weighted by molar-refractivity contribution is -0.118. The minimum Gasteiger partial charge on any atom is -0.484 e. The molecule has 7 nitrogen and oxygen atoms in total. The molecular weight excluding hydrogens is 430 g/mol. The molecule has 1 amide bonds. The molecule has 0 atom stereocenters. The van der Waals surface area contributed by atoms with E-state index in [2.05, 4.69) is 15.4 Å². The van der Waals surface area contributed by atoms with Gasteiger partial charge in [0.2, 0.25) is 5.88 Å². The fourth-order valence-corrected chi connectivity index (χ4v) is 3.04. The Bertz CT molecular complexity index is 1240. The molecule has 2 aromatic carbocycles. The molecule has 0 aliphatic rings. The number of nitrogens with zero attached hydrogens (tertiary/aromatic N) is 3. The fourth-order valence-electron chi connectivity index (χ4n) is 3.04. The van der Waals surface area contributed by atoms with Crippen LogP contribution in [0.2, 0.25) is 0 Å². The fraction of sp³-hybridized carbons (Fsp3) is 0.125. The molecule has 4 aromatic rings. The number of rotatable bonds is 8. The van der Waals surface area contributed by atoms with Crippen molar-refractivity contribution in [2.24, 2.45) is 0 Å². The van der Waals surface area contributed by atoms with Crippen molar-refractivity contribution in [3.05, 3.63) is 95.8 Å². The van der Waals surface area contributed by atoms with Crippen LogP contribution in [0.3, 0.4) is 0 Å². The predicted octanol–water partition coefficient (Wildman–Crippen LogP) is 4.72. The Balaban J connectivity index is 1.35. The maximum atomic E-state index is 14.0. The number of ether oxygens (including phenoxy) is 2. The van der Waals surface area contributed by atoms with Crippen molar-refractivity contribution in [3.8, 4) is 17.4 Å². The molecule has 2 aromatic heterocycles. The number of hydrogen-bond donors (Lipinski definition) is 1. The van der Waals surface area contributed by atoms with Crippen molar-refractivity contribution in [1.29, 1.82) is 0 Å². The zero-order valence-electron chi connectivity index (χ0n) is 17.7. The van der Waals surface area contributed by atoms with Crippen LogP contribution in [0.5, 0.6) is 17.4 Å². The van der Waals surface area contributed by atoms with Crippen molar-refractivity contribution < 1.29 is 23.0 Å². The van der Waals surface area contributed by atoms with Crippen LogP contribution in [-0.2, 0) is 11.3 Å². The number of anilines is 1. The Morgan fingerprint density at radius 3 is 2.61 bits per heavy atom. The minimum absolute atomic E-state index is 0.0361. The molecule has 0 spiro atoms. The highest BCUT2D eigenvalue weighted by Gasteiger charge is 2.14. The van der Waals surface area contributed by atoms with Gasteiger partial charge in [0.25, 0.3) is 5.91 Å². The summed E-state index contributed by atoms with van der Waals surface area (Å²) in [5.74, 6) is 0.377. The Morgan fingerprint density at radius 1 is 1.06 bits per heavy atom. The summed E-state index contributed by atoms with van der Waals surface area (Å²) in [6.07, 6.45) is 3.17. The van der Waals surface area contributed by atoms with E-state index >= 15 is 0 Å². The largest absolute Gasteiger partial charge is 0.484 e. The van der Waals surface area contributed by atoms with E-state index in [9.17, 15) is 13.6 Å². The lowest BCUT2D eigenvalue weighted by atomic mass is 10.2. The van der Waals surface area contributed by atoms with Crippen LogP contribution in [0.4, 0.5) is 14.6 Å². The summed E-state index contributed by atoms with van der Waals surface area (Å²) < 4.78 is 40.0. The van der Waals surface area contributed by atoms with Crippen molar-refractivity contribution >= 4 is 11.7 Å². The van der Waals surface area contributed by atoms with Gasteiger partial charge in [-0.15, -0.1) is 0 Å². The second-order valence-corrected chi connectivity index (χ2v) is 7.15. The molecule has 0 fully saturated rings. The average molecular weight is 450 g/mol. The lowest BCUT2D eigenvalue weighted by Crippen LogP contribution is -2.23. The molecule has 2 heterocycles. The van der Waals surface area contributed by atoms with Gasteiger partial charge in [-0.25, -0.2) is 18.4 Å². The maximum absolute atomic E-state index is 14.0. The Kier molecular flexibility index (Phi) is 6.58. The van der Waals surface area contributed by atoms with Crippen LogP contribution in [0.15, 0.2) is 73.1 Å². The highest BCUT2D eigenvalue weighted by Crippen LogP contribution is 2.22. The zero-order valence-corrected chi connectivity index (χ0v) is 17.7. The van der Waals surface area contributed by atoms with E-state index in [1.807, 2.05) is 6.07 Å². The van der Waals surface area contributed by atoms with Crippen molar-refractivity contribution in [1.82, 2.24) is 14.8 Å². The van der Waals surface area contributed by atoms with E-state index in [0.717, 1.165) is 18.2 Å².